The molecule has 1 aromatic heterocycles. The first-order valence-corrected chi connectivity index (χ1v) is 6.64. The summed E-state index contributed by atoms with van der Waals surface area (Å²) in [5, 5.41) is 2.33. The van der Waals surface area contributed by atoms with Crippen LogP contribution in [0, 0.1) is 0 Å². The zero-order valence-electron chi connectivity index (χ0n) is 11.1. The predicted octanol–water partition coefficient (Wildman–Crippen LogP) is 3.52. The summed E-state index contributed by atoms with van der Waals surface area (Å²) in [5.74, 6) is -0.593. The summed E-state index contributed by atoms with van der Waals surface area (Å²) < 4.78 is 43.6. The third kappa shape index (κ3) is 3.73. The number of nitrogens with zero attached hydrogens (tertiary/aromatic N) is 2. The molecule has 0 unspecified atom stereocenters. The Hall–Kier alpha value is -2.16. The van der Waals surface area contributed by atoms with E-state index in [9.17, 15) is 18.0 Å². The van der Waals surface area contributed by atoms with Crippen LogP contribution < -0.4 is 10.1 Å². The molecule has 22 heavy (non-hydrogen) atoms. The smallest absolute Gasteiger partial charge is 0.416 e. The van der Waals surface area contributed by atoms with Gasteiger partial charge in [0, 0.05) is 0 Å². The standard InChI is InChI=1S/C13H9BrF3N3O2/c1-22-10-3-2-7(13(15,16)17)4-8(10)20-12(21)9-5-19-11(14)6-18-9/h2-6H,1H3,(H,20,21). The summed E-state index contributed by atoms with van der Waals surface area (Å²) in [6.45, 7) is 0. The SMILES string of the molecule is COc1ccc(C(F)(F)F)cc1NC(=O)c1cnc(Br)cn1. The van der Waals surface area contributed by atoms with Gasteiger partial charge in [0.2, 0.25) is 0 Å². The molecule has 5 nitrogen and oxygen atoms in total. The van der Waals surface area contributed by atoms with Crippen molar-refractivity contribution in [3.8, 4) is 5.75 Å². The molecule has 2 rings (SSSR count). The number of aromatic nitrogens is 2. The number of carbonyl (C=O) groups excluding carboxylic acids is 1. The molecular formula is C13H9BrF3N3O2. The van der Waals surface area contributed by atoms with E-state index in [4.69, 9.17) is 4.74 Å². The molecule has 0 aliphatic heterocycles. The first-order chi connectivity index (χ1) is 10.3. The highest BCUT2D eigenvalue weighted by Crippen LogP contribution is 2.35. The van der Waals surface area contributed by atoms with E-state index < -0.39 is 17.6 Å². The highest BCUT2D eigenvalue weighted by molar-refractivity contribution is 9.10. The molecule has 0 saturated carbocycles. The van der Waals surface area contributed by atoms with Crippen LogP contribution in [0.2, 0.25) is 0 Å². The van der Waals surface area contributed by atoms with Crippen LogP contribution >= 0.6 is 15.9 Å². The van der Waals surface area contributed by atoms with Gasteiger partial charge in [-0.25, -0.2) is 9.97 Å². The number of rotatable bonds is 3. The van der Waals surface area contributed by atoms with Crippen LogP contribution in [0.3, 0.4) is 0 Å². The van der Waals surface area contributed by atoms with Crippen LogP contribution in [0.1, 0.15) is 16.1 Å². The molecule has 0 aliphatic rings. The lowest BCUT2D eigenvalue weighted by atomic mass is 10.1. The number of benzene rings is 1. The van der Waals surface area contributed by atoms with Crippen molar-refractivity contribution in [2.45, 2.75) is 6.18 Å². The van der Waals surface area contributed by atoms with E-state index in [1.165, 1.54) is 19.5 Å². The van der Waals surface area contributed by atoms with Gasteiger partial charge in [-0.1, -0.05) is 0 Å². The number of hydrogen-bond donors (Lipinski definition) is 1. The molecule has 9 heteroatoms. The minimum atomic E-state index is -4.52. The van der Waals surface area contributed by atoms with Crippen molar-refractivity contribution in [2.24, 2.45) is 0 Å². The summed E-state index contributed by atoms with van der Waals surface area (Å²) in [7, 11) is 1.29. The van der Waals surface area contributed by atoms with Crippen molar-refractivity contribution >= 4 is 27.5 Å². The Morgan fingerprint density at radius 1 is 1.27 bits per heavy atom. The maximum Gasteiger partial charge on any atom is 0.416 e. The van der Waals surface area contributed by atoms with Gasteiger partial charge in [0.15, 0.2) is 0 Å². The molecule has 0 bridgehead atoms. The fourth-order valence-corrected chi connectivity index (χ4v) is 1.80. The molecule has 0 aliphatic carbocycles. The molecule has 1 N–H and O–H groups in total. The Morgan fingerprint density at radius 2 is 2.00 bits per heavy atom. The maximum atomic E-state index is 12.7. The molecule has 0 spiro atoms. The largest absolute Gasteiger partial charge is 0.495 e. The lowest BCUT2D eigenvalue weighted by molar-refractivity contribution is -0.137. The van der Waals surface area contributed by atoms with Crippen molar-refractivity contribution in [1.82, 2.24) is 9.97 Å². The minimum Gasteiger partial charge on any atom is -0.495 e. The first-order valence-electron chi connectivity index (χ1n) is 5.85. The van der Waals surface area contributed by atoms with Gasteiger partial charge in [0.25, 0.3) is 5.91 Å². The fourth-order valence-electron chi connectivity index (χ4n) is 1.60. The Balaban J connectivity index is 2.31. The number of methoxy groups -OCH3 is 1. The number of carbonyl (C=O) groups is 1. The Bertz CT molecular complexity index is 690. The van der Waals surface area contributed by atoms with Crippen molar-refractivity contribution in [3.63, 3.8) is 0 Å². The summed E-state index contributed by atoms with van der Waals surface area (Å²) >= 11 is 3.07. The lowest BCUT2D eigenvalue weighted by Gasteiger charge is -2.13. The average Bonchev–Trinajstić information content (AvgIpc) is 2.46. The quantitative estimate of drug-likeness (QED) is 0.891. The van der Waals surface area contributed by atoms with Crippen molar-refractivity contribution in [2.75, 3.05) is 12.4 Å². The molecule has 0 fully saturated rings. The normalized spacial score (nSPS) is 11.1. The van der Waals surface area contributed by atoms with Crippen LogP contribution in [-0.2, 0) is 6.18 Å². The Labute approximate surface area is 131 Å². The van der Waals surface area contributed by atoms with Gasteiger partial charge < -0.3 is 10.1 Å². The van der Waals surface area contributed by atoms with Gasteiger partial charge in [-0.15, -0.1) is 0 Å². The van der Waals surface area contributed by atoms with Crippen LogP contribution in [0.5, 0.6) is 5.75 Å². The number of alkyl halides is 3. The average molecular weight is 376 g/mol. The summed E-state index contributed by atoms with van der Waals surface area (Å²) in [6, 6.07) is 2.79. The molecule has 2 aromatic rings. The second-order valence-electron chi connectivity index (χ2n) is 4.09. The topological polar surface area (TPSA) is 64.1 Å². The van der Waals surface area contributed by atoms with Crippen LogP contribution in [0.25, 0.3) is 0 Å². The number of nitrogens with one attached hydrogen (secondary N) is 1. The molecule has 0 radical (unpaired) electrons. The third-order valence-corrected chi connectivity index (χ3v) is 3.04. The van der Waals surface area contributed by atoms with Gasteiger partial charge >= 0.3 is 6.18 Å². The minimum absolute atomic E-state index is 0.0392. The van der Waals surface area contributed by atoms with Gasteiger partial charge in [-0.05, 0) is 34.1 Å². The van der Waals surface area contributed by atoms with Gasteiger partial charge in [0.1, 0.15) is 16.0 Å². The molecule has 0 atom stereocenters. The van der Waals surface area contributed by atoms with E-state index in [0.29, 0.717) is 4.60 Å². The molecule has 1 heterocycles. The van der Waals surface area contributed by atoms with E-state index in [1.807, 2.05) is 0 Å². The third-order valence-electron chi connectivity index (χ3n) is 2.63. The number of amides is 1. The van der Waals surface area contributed by atoms with E-state index in [2.05, 4.69) is 31.2 Å². The highest BCUT2D eigenvalue weighted by atomic mass is 79.9. The molecule has 116 valence electrons. The highest BCUT2D eigenvalue weighted by Gasteiger charge is 2.31. The maximum absolute atomic E-state index is 12.7. The fraction of sp³-hybridized carbons (Fsp3) is 0.154. The van der Waals surface area contributed by atoms with Crippen molar-refractivity contribution < 1.29 is 22.7 Å². The van der Waals surface area contributed by atoms with E-state index in [0.717, 1.165) is 18.2 Å². The second kappa shape index (κ2) is 6.30. The van der Waals surface area contributed by atoms with Crippen LogP contribution in [0.4, 0.5) is 18.9 Å². The molecular weight excluding hydrogens is 367 g/mol. The van der Waals surface area contributed by atoms with Gasteiger partial charge in [-0.2, -0.15) is 13.2 Å². The summed E-state index contributed by atoms with van der Waals surface area (Å²) in [5.41, 5.74) is -1.04. The second-order valence-corrected chi connectivity index (χ2v) is 4.90. The zero-order valence-corrected chi connectivity index (χ0v) is 12.7. The summed E-state index contributed by atoms with van der Waals surface area (Å²) in [4.78, 5) is 19.6. The first kappa shape index (κ1) is 16.2. The number of anilines is 1. The van der Waals surface area contributed by atoms with Gasteiger partial charge in [-0.3, -0.25) is 4.79 Å². The Morgan fingerprint density at radius 3 is 2.55 bits per heavy atom. The van der Waals surface area contributed by atoms with E-state index >= 15 is 0 Å². The van der Waals surface area contributed by atoms with Crippen molar-refractivity contribution in [1.29, 1.82) is 0 Å². The monoisotopic (exact) mass is 375 g/mol. The molecule has 1 amide bonds. The van der Waals surface area contributed by atoms with Crippen LogP contribution in [-0.4, -0.2) is 23.0 Å². The van der Waals surface area contributed by atoms with E-state index in [1.54, 1.807) is 0 Å². The predicted molar refractivity (Wildman–Crippen MR) is 75.7 cm³/mol. The molecule has 0 saturated heterocycles. The molecule has 1 aromatic carbocycles. The lowest BCUT2D eigenvalue weighted by Crippen LogP contribution is -2.15. The number of halogens is 4. The Kier molecular flexibility index (Phi) is 4.65. The van der Waals surface area contributed by atoms with Crippen molar-refractivity contribution in [3.05, 3.63) is 46.5 Å². The van der Waals surface area contributed by atoms with E-state index in [-0.39, 0.29) is 17.1 Å². The number of ether oxygens (including phenoxy) is 1. The summed E-state index contributed by atoms with van der Waals surface area (Å²) in [6.07, 6.45) is -2.03. The van der Waals surface area contributed by atoms with Gasteiger partial charge in [0.05, 0.1) is 30.8 Å². The van der Waals surface area contributed by atoms with Crippen LogP contribution in [0.15, 0.2) is 35.2 Å². The zero-order chi connectivity index (χ0) is 16.3. The number of hydrogen-bond acceptors (Lipinski definition) is 4.